The van der Waals surface area contributed by atoms with Gasteiger partial charge in [0.2, 0.25) is 0 Å². The maximum absolute atomic E-state index is 11.5. The number of ether oxygens (including phenoxy) is 1. The van der Waals surface area contributed by atoms with Crippen molar-refractivity contribution in [3.8, 4) is 0 Å². The number of carbonyl (C=O) groups is 1. The third-order valence-corrected chi connectivity index (χ3v) is 2.68. The van der Waals surface area contributed by atoms with Crippen LogP contribution in [0, 0.1) is 5.92 Å². The van der Waals surface area contributed by atoms with E-state index < -0.39 is 0 Å². The SMILES string of the molecule is CCCCOC(=O)C1CCCCC1. The van der Waals surface area contributed by atoms with Crippen LogP contribution < -0.4 is 0 Å². The van der Waals surface area contributed by atoms with E-state index in [1.807, 2.05) is 0 Å². The molecule has 76 valence electrons. The summed E-state index contributed by atoms with van der Waals surface area (Å²) in [6.07, 6.45) is 7.88. The summed E-state index contributed by atoms with van der Waals surface area (Å²) in [7, 11) is 0. The molecule has 0 heterocycles. The van der Waals surface area contributed by atoms with Gasteiger partial charge in [-0.05, 0) is 19.3 Å². The monoisotopic (exact) mass is 184 g/mol. The molecule has 0 N–H and O–H groups in total. The van der Waals surface area contributed by atoms with E-state index in [4.69, 9.17) is 4.74 Å². The van der Waals surface area contributed by atoms with Crippen molar-refractivity contribution in [2.24, 2.45) is 5.92 Å². The van der Waals surface area contributed by atoms with Crippen LogP contribution in [0.15, 0.2) is 0 Å². The van der Waals surface area contributed by atoms with E-state index >= 15 is 0 Å². The van der Waals surface area contributed by atoms with Gasteiger partial charge in [-0.25, -0.2) is 0 Å². The molecular formula is C11H20O2. The highest BCUT2D eigenvalue weighted by Crippen LogP contribution is 2.24. The van der Waals surface area contributed by atoms with Gasteiger partial charge in [-0.15, -0.1) is 0 Å². The lowest BCUT2D eigenvalue weighted by Gasteiger charge is -2.19. The van der Waals surface area contributed by atoms with Crippen LogP contribution in [0.25, 0.3) is 0 Å². The Labute approximate surface area is 80.7 Å². The standard InChI is InChI=1S/C11H20O2/c1-2-3-9-13-11(12)10-7-5-4-6-8-10/h10H,2-9H2,1H3. The Hall–Kier alpha value is -0.530. The largest absolute Gasteiger partial charge is 0.465 e. The molecular weight excluding hydrogens is 164 g/mol. The van der Waals surface area contributed by atoms with Gasteiger partial charge in [0.05, 0.1) is 12.5 Å². The van der Waals surface area contributed by atoms with Gasteiger partial charge in [0.15, 0.2) is 0 Å². The molecule has 1 aliphatic carbocycles. The van der Waals surface area contributed by atoms with Crippen molar-refractivity contribution in [1.29, 1.82) is 0 Å². The molecule has 0 amide bonds. The molecule has 1 fully saturated rings. The molecule has 0 bridgehead atoms. The van der Waals surface area contributed by atoms with E-state index in [0.29, 0.717) is 6.61 Å². The Bertz CT molecular complexity index is 148. The average Bonchev–Trinajstić information content (AvgIpc) is 2.19. The Morgan fingerprint density at radius 3 is 2.62 bits per heavy atom. The fourth-order valence-corrected chi connectivity index (χ4v) is 1.77. The second-order valence-corrected chi connectivity index (χ2v) is 3.86. The normalized spacial score (nSPS) is 18.5. The third kappa shape index (κ3) is 3.79. The minimum atomic E-state index is 0.0492. The first kappa shape index (κ1) is 10.6. The Morgan fingerprint density at radius 2 is 2.00 bits per heavy atom. The molecule has 0 spiro atoms. The summed E-state index contributed by atoms with van der Waals surface area (Å²) in [5.41, 5.74) is 0. The molecule has 0 aromatic heterocycles. The second-order valence-electron chi connectivity index (χ2n) is 3.86. The van der Waals surface area contributed by atoms with Crippen molar-refractivity contribution in [3.05, 3.63) is 0 Å². The molecule has 0 aromatic rings. The molecule has 2 nitrogen and oxygen atoms in total. The maximum Gasteiger partial charge on any atom is 0.308 e. The zero-order chi connectivity index (χ0) is 9.52. The Kier molecular flexibility index (Phi) is 4.87. The third-order valence-electron chi connectivity index (χ3n) is 2.68. The Morgan fingerprint density at radius 1 is 1.31 bits per heavy atom. The van der Waals surface area contributed by atoms with Crippen LogP contribution in [0.1, 0.15) is 51.9 Å². The van der Waals surface area contributed by atoms with Crippen molar-refractivity contribution in [2.45, 2.75) is 51.9 Å². The number of hydrogen-bond donors (Lipinski definition) is 0. The molecule has 0 aromatic carbocycles. The van der Waals surface area contributed by atoms with Crippen LogP contribution in [0.4, 0.5) is 0 Å². The molecule has 1 aliphatic rings. The van der Waals surface area contributed by atoms with Crippen molar-refractivity contribution in [3.63, 3.8) is 0 Å². The van der Waals surface area contributed by atoms with E-state index in [9.17, 15) is 4.79 Å². The highest BCUT2D eigenvalue weighted by atomic mass is 16.5. The zero-order valence-corrected chi connectivity index (χ0v) is 8.55. The Balaban J connectivity index is 2.13. The van der Waals surface area contributed by atoms with Gasteiger partial charge in [0, 0.05) is 0 Å². The van der Waals surface area contributed by atoms with Crippen molar-refractivity contribution >= 4 is 5.97 Å². The first-order valence-corrected chi connectivity index (χ1v) is 5.51. The second kappa shape index (κ2) is 6.01. The number of esters is 1. The lowest BCUT2D eigenvalue weighted by molar-refractivity contribution is -0.149. The minimum absolute atomic E-state index is 0.0492. The summed E-state index contributed by atoms with van der Waals surface area (Å²) >= 11 is 0. The van der Waals surface area contributed by atoms with Crippen LogP contribution in [0.5, 0.6) is 0 Å². The van der Waals surface area contributed by atoms with Crippen LogP contribution in [0.2, 0.25) is 0 Å². The lowest BCUT2D eigenvalue weighted by atomic mass is 9.89. The van der Waals surface area contributed by atoms with Crippen LogP contribution in [-0.2, 0) is 9.53 Å². The van der Waals surface area contributed by atoms with E-state index in [-0.39, 0.29) is 11.9 Å². The number of unbranched alkanes of at least 4 members (excludes halogenated alkanes) is 1. The van der Waals surface area contributed by atoms with E-state index in [0.717, 1.165) is 25.7 Å². The average molecular weight is 184 g/mol. The van der Waals surface area contributed by atoms with Crippen LogP contribution in [-0.4, -0.2) is 12.6 Å². The molecule has 0 aliphatic heterocycles. The van der Waals surface area contributed by atoms with Crippen LogP contribution in [0.3, 0.4) is 0 Å². The number of carbonyl (C=O) groups excluding carboxylic acids is 1. The van der Waals surface area contributed by atoms with Gasteiger partial charge in [0.25, 0.3) is 0 Å². The highest BCUT2D eigenvalue weighted by Gasteiger charge is 2.21. The number of rotatable bonds is 4. The summed E-state index contributed by atoms with van der Waals surface area (Å²) < 4.78 is 5.18. The van der Waals surface area contributed by atoms with Gasteiger partial charge < -0.3 is 4.74 Å². The molecule has 2 heteroatoms. The summed E-state index contributed by atoms with van der Waals surface area (Å²) in [4.78, 5) is 11.5. The molecule has 0 radical (unpaired) electrons. The predicted octanol–water partition coefficient (Wildman–Crippen LogP) is 2.91. The molecule has 13 heavy (non-hydrogen) atoms. The zero-order valence-electron chi connectivity index (χ0n) is 8.55. The molecule has 0 atom stereocenters. The van der Waals surface area contributed by atoms with Crippen LogP contribution >= 0.6 is 0 Å². The first-order chi connectivity index (χ1) is 6.34. The van der Waals surface area contributed by atoms with Crippen molar-refractivity contribution in [2.75, 3.05) is 6.61 Å². The molecule has 1 rings (SSSR count). The van der Waals surface area contributed by atoms with Gasteiger partial charge in [0.1, 0.15) is 0 Å². The fourth-order valence-electron chi connectivity index (χ4n) is 1.77. The highest BCUT2D eigenvalue weighted by molar-refractivity contribution is 5.72. The van der Waals surface area contributed by atoms with Gasteiger partial charge in [-0.3, -0.25) is 4.79 Å². The number of hydrogen-bond acceptors (Lipinski definition) is 2. The fraction of sp³-hybridized carbons (Fsp3) is 0.909. The summed E-state index contributed by atoms with van der Waals surface area (Å²) in [5, 5.41) is 0. The quantitative estimate of drug-likeness (QED) is 0.496. The van der Waals surface area contributed by atoms with Gasteiger partial charge in [-0.1, -0.05) is 32.6 Å². The lowest BCUT2D eigenvalue weighted by Crippen LogP contribution is -2.20. The topological polar surface area (TPSA) is 26.3 Å². The van der Waals surface area contributed by atoms with Gasteiger partial charge >= 0.3 is 5.97 Å². The smallest absolute Gasteiger partial charge is 0.308 e. The summed E-state index contributed by atoms with van der Waals surface area (Å²) in [6.45, 7) is 2.72. The maximum atomic E-state index is 11.5. The molecule has 1 saturated carbocycles. The summed E-state index contributed by atoms with van der Waals surface area (Å²) in [6, 6.07) is 0. The molecule has 0 saturated heterocycles. The van der Waals surface area contributed by atoms with E-state index in [2.05, 4.69) is 6.92 Å². The molecule has 0 unspecified atom stereocenters. The first-order valence-electron chi connectivity index (χ1n) is 5.51. The minimum Gasteiger partial charge on any atom is -0.465 e. The summed E-state index contributed by atoms with van der Waals surface area (Å²) in [5.74, 6) is 0.263. The van der Waals surface area contributed by atoms with Crippen molar-refractivity contribution < 1.29 is 9.53 Å². The van der Waals surface area contributed by atoms with Gasteiger partial charge in [-0.2, -0.15) is 0 Å². The predicted molar refractivity (Wildman–Crippen MR) is 52.4 cm³/mol. The van der Waals surface area contributed by atoms with E-state index in [1.165, 1.54) is 19.3 Å². The van der Waals surface area contributed by atoms with E-state index in [1.54, 1.807) is 0 Å². The van der Waals surface area contributed by atoms with Crippen molar-refractivity contribution in [1.82, 2.24) is 0 Å².